The molecular weight excluding hydrogens is 452 g/mol. The van der Waals surface area contributed by atoms with E-state index in [1.807, 2.05) is 18.3 Å². The lowest BCUT2D eigenvalue weighted by Gasteiger charge is -2.37. The van der Waals surface area contributed by atoms with Crippen molar-refractivity contribution >= 4 is 40.6 Å². The summed E-state index contributed by atoms with van der Waals surface area (Å²) in [6.45, 7) is 5.21. The highest BCUT2D eigenvalue weighted by molar-refractivity contribution is 6.33. The second-order valence-corrected chi connectivity index (χ2v) is 10.1. The maximum Gasteiger partial charge on any atom is 0.251 e. The second kappa shape index (κ2) is 8.74. The van der Waals surface area contributed by atoms with Gasteiger partial charge >= 0.3 is 0 Å². The smallest absolute Gasteiger partial charge is 0.251 e. The van der Waals surface area contributed by atoms with E-state index in [1.54, 1.807) is 6.07 Å². The minimum Gasteiger partial charge on any atom is -0.368 e. The highest BCUT2D eigenvalue weighted by Crippen LogP contribution is 2.35. The first-order valence-electron chi connectivity index (χ1n) is 12.2. The number of rotatable bonds is 5. The van der Waals surface area contributed by atoms with Crippen molar-refractivity contribution in [3.63, 3.8) is 0 Å². The molecule has 2 aromatic rings. The highest BCUT2D eigenvalue weighted by Gasteiger charge is 2.37. The van der Waals surface area contributed by atoms with E-state index in [-0.39, 0.29) is 17.9 Å². The molecule has 6 rings (SSSR count). The van der Waals surface area contributed by atoms with E-state index in [1.165, 1.54) is 0 Å². The van der Waals surface area contributed by atoms with Crippen LogP contribution in [-0.4, -0.2) is 66.5 Å². The van der Waals surface area contributed by atoms with Crippen molar-refractivity contribution in [2.45, 2.75) is 44.3 Å². The second-order valence-electron chi connectivity index (χ2n) is 9.73. The minimum atomic E-state index is -0.0626. The van der Waals surface area contributed by atoms with Crippen LogP contribution in [-0.2, 0) is 11.3 Å². The number of fused-ring (bicyclic) bond motifs is 3. The molecule has 2 saturated heterocycles. The molecule has 1 atom stereocenters. The third kappa shape index (κ3) is 4.20. The number of nitrogens with zero attached hydrogens (tertiary/aromatic N) is 4. The van der Waals surface area contributed by atoms with Crippen LogP contribution in [0.15, 0.2) is 30.5 Å². The van der Waals surface area contributed by atoms with Crippen LogP contribution in [0.25, 0.3) is 0 Å². The number of pyridine rings is 1. The maximum absolute atomic E-state index is 12.4. The zero-order valence-electron chi connectivity index (χ0n) is 19.1. The van der Waals surface area contributed by atoms with Gasteiger partial charge in [-0.05, 0) is 55.5 Å². The number of carbonyl (C=O) groups is 2. The molecule has 1 aromatic carbocycles. The minimum absolute atomic E-state index is 0.0455. The van der Waals surface area contributed by atoms with Gasteiger partial charge in [0, 0.05) is 57.1 Å². The largest absolute Gasteiger partial charge is 0.368 e. The summed E-state index contributed by atoms with van der Waals surface area (Å²) in [5.41, 5.74) is 3.53. The predicted octanol–water partition coefficient (Wildman–Crippen LogP) is 2.87. The van der Waals surface area contributed by atoms with E-state index in [0.717, 1.165) is 87.7 Å². The van der Waals surface area contributed by atoms with E-state index in [0.29, 0.717) is 16.6 Å². The van der Waals surface area contributed by atoms with Crippen LogP contribution >= 0.6 is 11.6 Å². The number of piperazine rings is 1. The summed E-state index contributed by atoms with van der Waals surface area (Å²) in [7, 11) is 0. The van der Waals surface area contributed by atoms with Crippen LogP contribution in [0.4, 0.5) is 17.2 Å². The van der Waals surface area contributed by atoms with Crippen LogP contribution < -0.4 is 20.4 Å². The molecule has 3 aliphatic heterocycles. The number of anilines is 3. The third-order valence-corrected chi connectivity index (χ3v) is 7.55. The molecule has 0 bridgehead atoms. The van der Waals surface area contributed by atoms with E-state index in [9.17, 15) is 9.59 Å². The fourth-order valence-electron chi connectivity index (χ4n) is 5.22. The Morgan fingerprint density at radius 1 is 1.12 bits per heavy atom. The molecule has 4 aliphatic rings. The Hall–Kier alpha value is -2.84. The quantitative estimate of drug-likeness (QED) is 0.685. The number of hydrogen-bond donors (Lipinski definition) is 2. The van der Waals surface area contributed by atoms with Crippen LogP contribution in [0, 0.1) is 0 Å². The average molecular weight is 481 g/mol. The highest BCUT2D eigenvalue weighted by atomic mass is 35.5. The van der Waals surface area contributed by atoms with Crippen molar-refractivity contribution in [2.24, 2.45) is 0 Å². The Bertz CT molecular complexity index is 1130. The van der Waals surface area contributed by atoms with Gasteiger partial charge in [0.2, 0.25) is 5.91 Å². The Morgan fingerprint density at radius 2 is 1.94 bits per heavy atom. The summed E-state index contributed by atoms with van der Waals surface area (Å²) in [6.07, 6.45) is 6.01. The molecular formula is C25H29ClN6O2. The first kappa shape index (κ1) is 21.7. The fourth-order valence-corrected chi connectivity index (χ4v) is 5.52. The van der Waals surface area contributed by atoms with E-state index < -0.39 is 0 Å². The van der Waals surface area contributed by atoms with Crippen molar-refractivity contribution in [1.82, 2.24) is 15.2 Å². The van der Waals surface area contributed by atoms with Gasteiger partial charge in [-0.3, -0.25) is 14.5 Å². The van der Waals surface area contributed by atoms with Crippen molar-refractivity contribution in [1.29, 1.82) is 0 Å². The molecule has 8 nitrogen and oxygen atoms in total. The molecule has 4 heterocycles. The molecule has 34 heavy (non-hydrogen) atoms. The Balaban J connectivity index is 1.07. The summed E-state index contributed by atoms with van der Waals surface area (Å²) < 4.78 is 0. The standard InChI is InChI=1S/C25H29ClN6O2/c26-19-13-17(24(33)28-18-4-5-18)3-6-21(19)31-10-8-30(9-11-31)15-16-12-20-23(27-14-16)32-7-1-2-22(32)25(34)29-20/h3,6,12-14,18,22H,1-2,4-5,7-11,15H2,(H,28,33)(H,29,34). The normalized spacial score (nSPS) is 22.3. The fraction of sp³-hybridized carbons (Fsp3) is 0.480. The Morgan fingerprint density at radius 3 is 2.71 bits per heavy atom. The number of aromatic nitrogens is 1. The van der Waals surface area contributed by atoms with Gasteiger partial charge in [0.1, 0.15) is 6.04 Å². The molecule has 2 amide bonds. The van der Waals surface area contributed by atoms with Crippen LogP contribution in [0.5, 0.6) is 0 Å². The summed E-state index contributed by atoms with van der Waals surface area (Å²) in [4.78, 5) is 36.2. The molecule has 3 fully saturated rings. The first-order chi connectivity index (χ1) is 16.5. The molecule has 9 heteroatoms. The van der Waals surface area contributed by atoms with Gasteiger partial charge in [0.15, 0.2) is 5.82 Å². The van der Waals surface area contributed by atoms with E-state index in [4.69, 9.17) is 16.6 Å². The lowest BCUT2D eigenvalue weighted by molar-refractivity contribution is -0.117. The Kier molecular flexibility index (Phi) is 5.57. The molecule has 0 spiro atoms. The van der Waals surface area contributed by atoms with Crippen molar-refractivity contribution in [3.8, 4) is 0 Å². The van der Waals surface area contributed by atoms with Gasteiger partial charge in [-0.25, -0.2) is 4.98 Å². The molecule has 178 valence electrons. The molecule has 2 N–H and O–H groups in total. The van der Waals surface area contributed by atoms with Crippen molar-refractivity contribution in [2.75, 3.05) is 47.8 Å². The Labute approximate surface area is 204 Å². The molecule has 1 saturated carbocycles. The zero-order chi connectivity index (χ0) is 23.2. The lowest BCUT2D eigenvalue weighted by atomic mass is 10.1. The number of benzene rings is 1. The van der Waals surface area contributed by atoms with Crippen LogP contribution in [0.3, 0.4) is 0 Å². The first-order valence-corrected chi connectivity index (χ1v) is 12.6. The monoisotopic (exact) mass is 480 g/mol. The number of hydrogen-bond acceptors (Lipinski definition) is 6. The van der Waals surface area contributed by atoms with Gasteiger partial charge in [0.05, 0.1) is 16.4 Å². The van der Waals surface area contributed by atoms with Gasteiger partial charge in [-0.1, -0.05) is 11.6 Å². The molecule has 1 aliphatic carbocycles. The van der Waals surface area contributed by atoms with Crippen molar-refractivity contribution < 1.29 is 9.59 Å². The van der Waals surface area contributed by atoms with Gasteiger partial charge in [-0.15, -0.1) is 0 Å². The van der Waals surface area contributed by atoms with E-state index >= 15 is 0 Å². The summed E-state index contributed by atoms with van der Waals surface area (Å²) in [6, 6.07) is 7.94. The van der Waals surface area contributed by atoms with Gasteiger partial charge in [0.25, 0.3) is 5.91 Å². The summed E-state index contributed by atoms with van der Waals surface area (Å²) in [5.74, 6) is 0.945. The number of halogens is 1. The van der Waals surface area contributed by atoms with Crippen molar-refractivity contribution in [3.05, 3.63) is 46.6 Å². The lowest BCUT2D eigenvalue weighted by Crippen LogP contribution is -2.46. The van der Waals surface area contributed by atoms with Gasteiger partial charge in [-0.2, -0.15) is 0 Å². The zero-order valence-corrected chi connectivity index (χ0v) is 19.9. The summed E-state index contributed by atoms with van der Waals surface area (Å²) >= 11 is 6.56. The number of carbonyl (C=O) groups excluding carboxylic acids is 2. The molecule has 0 radical (unpaired) electrons. The SMILES string of the molecule is O=C(NC1CC1)c1ccc(N2CCN(Cc3cnc4c(c3)NC(=O)C3CCCN43)CC2)c(Cl)c1. The van der Waals surface area contributed by atoms with Gasteiger partial charge < -0.3 is 20.4 Å². The number of nitrogens with one attached hydrogen (secondary N) is 2. The third-order valence-electron chi connectivity index (χ3n) is 7.25. The molecule has 1 aromatic heterocycles. The average Bonchev–Trinajstić information content (AvgIpc) is 3.50. The number of amides is 2. The topological polar surface area (TPSA) is 80.8 Å². The van der Waals surface area contributed by atoms with Crippen LogP contribution in [0.2, 0.25) is 5.02 Å². The van der Waals surface area contributed by atoms with Crippen LogP contribution in [0.1, 0.15) is 41.6 Å². The summed E-state index contributed by atoms with van der Waals surface area (Å²) in [5, 5.41) is 6.68. The van der Waals surface area contributed by atoms with E-state index in [2.05, 4.69) is 31.4 Å². The molecule has 1 unspecified atom stereocenters. The maximum atomic E-state index is 12.4. The predicted molar refractivity (Wildman–Crippen MR) is 133 cm³/mol.